The van der Waals surface area contributed by atoms with E-state index in [2.05, 4.69) is 52.2 Å². The Labute approximate surface area is 124 Å². The first kappa shape index (κ1) is 14.6. The molecule has 0 unspecified atom stereocenters. The lowest BCUT2D eigenvalue weighted by atomic mass is 10.2. The van der Waals surface area contributed by atoms with Crippen molar-refractivity contribution in [1.82, 2.24) is 9.97 Å². The van der Waals surface area contributed by atoms with Crippen LogP contribution in [0.4, 0.5) is 17.5 Å². The van der Waals surface area contributed by atoms with E-state index >= 15 is 0 Å². The zero-order valence-electron chi connectivity index (χ0n) is 12.0. The van der Waals surface area contributed by atoms with Gasteiger partial charge < -0.3 is 10.2 Å². The van der Waals surface area contributed by atoms with Gasteiger partial charge in [-0.15, -0.1) is 0 Å². The van der Waals surface area contributed by atoms with Gasteiger partial charge in [-0.1, -0.05) is 23.7 Å². The number of aryl methyl sites for hydroxylation is 1. The van der Waals surface area contributed by atoms with Crippen LogP contribution in [0.1, 0.15) is 19.4 Å². The van der Waals surface area contributed by atoms with Crippen LogP contribution in [0.5, 0.6) is 0 Å². The number of benzene rings is 1. The largest absolute Gasteiger partial charge is 0.354 e. The van der Waals surface area contributed by atoms with Crippen molar-refractivity contribution in [3.63, 3.8) is 0 Å². The highest BCUT2D eigenvalue weighted by atomic mass is 35.5. The molecular formula is C15H19ClN4. The Kier molecular flexibility index (Phi) is 4.79. The van der Waals surface area contributed by atoms with Gasteiger partial charge in [0, 0.05) is 18.8 Å². The molecular weight excluding hydrogens is 272 g/mol. The van der Waals surface area contributed by atoms with E-state index < -0.39 is 0 Å². The molecule has 2 rings (SSSR count). The van der Waals surface area contributed by atoms with E-state index in [4.69, 9.17) is 11.6 Å². The fourth-order valence-electron chi connectivity index (χ4n) is 2.04. The molecule has 5 heteroatoms. The summed E-state index contributed by atoms with van der Waals surface area (Å²) in [5, 5.41) is 3.66. The number of nitrogens with one attached hydrogen (secondary N) is 1. The third kappa shape index (κ3) is 3.20. The number of anilines is 3. The Bertz CT molecular complexity index is 586. The molecule has 2 aromatic rings. The maximum absolute atomic E-state index is 6.27. The van der Waals surface area contributed by atoms with Crippen molar-refractivity contribution in [3.8, 4) is 0 Å². The Morgan fingerprint density at radius 1 is 1.30 bits per heavy atom. The number of nitrogens with zero attached hydrogens (tertiary/aromatic N) is 3. The maximum Gasteiger partial charge on any atom is 0.224 e. The summed E-state index contributed by atoms with van der Waals surface area (Å²) in [7, 11) is 0. The van der Waals surface area contributed by atoms with Crippen molar-refractivity contribution in [2.45, 2.75) is 20.8 Å². The molecule has 1 N–H and O–H groups in total. The van der Waals surface area contributed by atoms with Crippen molar-refractivity contribution < 1.29 is 0 Å². The lowest BCUT2D eigenvalue weighted by molar-refractivity contribution is 0.970. The monoisotopic (exact) mass is 290 g/mol. The number of hydrogen-bond donors (Lipinski definition) is 1. The second-order valence-electron chi connectivity index (χ2n) is 4.48. The number of hydrogen-bond acceptors (Lipinski definition) is 4. The molecule has 0 bridgehead atoms. The van der Waals surface area contributed by atoms with Crippen LogP contribution in [0.15, 0.2) is 30.5 Å². The molecule has 1 heterocycles. The van der Waals surface area contributed by atoms with E-state index in [1.807, 2.05) is 13.0 Å². The summed E-state index contributed by atoms with van der Waals surface area (Å²) in [6, 6.07) is 8.29. The summed E-state index contributed by atoms with van der Waals surface area (Å²) >= 11 is 6.27. The molecule has 20 heavy (non-hydrogen) atoms. The van der Waals surface area contributed by atoms with Crippen LogP contribution in [0.2, 0.25) is 5.02 Å². The summed E-state index contributed by atoms with van der Waals surface area (Å²) in [5.74, 6) is 1.32. The number of rotatable bonds is 5. The summed E-state index contributed by atoms with van der Waals surface area (Å²) in [4.78, 5) is 10.8. The Hall–Kier alpha value is -1.81. The highest BCUT2D eigenvalue weighted by Crippen LogP contribution is 2.30. The third-order valence-corrected chi connectivity index (χ3v) is 3.21. The molecule has 106 valence electrons. The zero-order valence-corrected chi connectivity index (χ0v) is 12.8. The first-order valence-electron chi connectivity index (χ1n) is 6.76. The minimum absolute atomic E-state index is 0.551. The molecule has 0 aliphatic rings. The van der Waals surface area contributed by atoms with Gasteiger partial charge in [-0.3, -0.25) is 0 Å². The van der Waals surface area contributed by atoms with Gasteiger partial charge >= 0.3 is 0 Å². The smallest absolute Gasteiger partial charge is 0.224 e. The molecule has 0 aliphatic carbocycles. The first-order valence-corrected chi connectivity index (χ1v) is 7.14. The Morgan fingerprint density at radius 3 is 2.75 bits per heavy atom. The fourth-order valence-corrected chi connectivity index (χ4v) is 2.23. The third-order valence-electron chi connectivity index (χ3n) is 2.95. The van der Waals surface area contributed by atoms with Crippen LogP contribution in [0.3, 0.4) is 0 Å². The predicted molar refractivity (Wildman–Crippen MR) is 85.1 cm³/mol. The lowest BCUT2D eigenvalue weighted by Crippen LogP contribution is -2.19. The quantitative estimate of drug-likeness (QED) is 0.903. The number of halogens is 1. The summed E-state index contributed by atoms with van der Waals surface area (Å²) in [5.41, 5.74) is 2.29. The maximum atomic E-state index is 6.27. The minimum Gasteiger partial charge on any atom is -0.354 e. The molecule has 0 saturated carbocycles. The van der Waals surface area contributed by atoms with Gasteiger partial charge in [0.05, 0.1) is 6.20 Å². The molecule has 1 aromatic heterocycles. The molecule has 0 aliphatic heterocycles. The molecule has 4 nitrogen and oxygen atoms in total. The van der Waals surface area contributed by atoms with Gasteiger partial charge in [0.15, 0.2) is 5.82 Å². The highest BCUT2D eigenvalue weighted by Gasteiger charge is 2.14. The van der Waals surface area contributed by atoms with Crippen molar-refractivity contribution in [3.05, 3.63) is 41.0 Å². The van der Waals surface area contributed by atoms with Crippen molar-refractivity contribution in [2.75, 3.05) is 23.3 Å². The molecule has 0 amide bonds. The minimum atomic E-state index is 0.551. The SMILES string of the molecule is CCNc1ncc(Cl)c(N(CC)c2cccc(C)c2)n1. The van der Waals surface area contributed by atoms with Crippen LogP contribution in [0, 0.1) is 6.92 Å². The average molecular weight is 291 g/mol. The van der Waals surface area contributed by atoms with Crippen molar-refractivity contribution in [2.24, 2.45) is 0 Å². The van der Waals surface area contributed by atoms with Crippen molar-refractivity contribution in [1.29, 1.82) is 0 Å². The van der Waals surface area contributed by atoms with Crippen LogP contribution in [-0.2, 0) is 0 Å². The van der Waals surface area contributed by atoms with Crippen LogP contribution in [0.25, 0.3) is 0 Å². The van der Waals surface area contributed by atoms with Gasteiger partial charge in [-0.25, -0.2) is 4.98 Å². The van der Waals surface area contributed by atoms with Crippen LogP contribution < -0.4 is 10.2 Å². The summed E-state index contributed by atoms with van der Waals surface area (Å²) in [6.07, 6.45) is 1.64. The van der Waals surface area contributed by atoms with Gasteiger partial charge in [0.2, 0.25) is 5.95 Å². The molecule has 0 atom stereocenters. The standard InChI is InChI=1S/C15H19ClN4/c1-4-17-15-18-10-13(16)14(19-15)20(5-2)12-8-6-7-11(3)9-12/h6-10H,4-5H2,1-3H3,(H,17,18,19). The summed E-state index contributed by atoms with van der Waals surface area (Å²) in [6.45, 7) is 7.72. The molecule has 0 radical (unpaired) electrons. The van der Waals surface area contributed by atoms with Crippen LogP contribution >= 0.6 is 11.6 Å². The Morgan fingerprint density at radius 2 is 2.10 bits per heavy atom. The van der Waals surface area contributed by atoms with E-state index in [1.54, 1.807) is 6.20 Å². The van der Waals surface area contributed by atoms with Gasteiger partial charge in [-0.05, 0) is 38.5 Å². The fraction of sp³-hybridized carbons (Fsp3) is 0.333. The van der Waals surface area contributed by atoms with E-state index in [0.717, 1.165) is 24.6 Å². The lowest BCUT2D eigenvalue weighted by Gasteiger charge is -2.23. The van der Waals surface area contributed by atoms with E-state index in [1.165, 1.54) is 5.56 Å². The van der Waals surface area contributed by atoms with Gasteiger partial charge in [0.1, 0.15) is 5.02 Å². The topological polar surface area (TPSA) is 41.1 Å². The zero-order chi connectivity index (χ0) is 14.5. The Balaban J connectivity index is 2.43. The second-order valence-corrected chi connectivity index (χ2v) is 4.89. The predicted octanol–water partition coefficient (Wildman–Crippen LogP) is 4.03. The van der Waals surface area contributed by atoms with Crippen LogP contribution in [-0.4, -0.2) is 23.1 Å². The van der Waals surface area contributed by atoms with E-state index in [-0.39, 0.29) is 0 Å². The average Bonchev–Trinajstić information content (AvgIpc) is 2.43. The van der Waals surface area contributed by atoms with E-state index in [0.29, 0.717) is 11.0 Å². The molecule has 1 aromatic carbocycles. The van der Waals surface area contributed by atoms with E-state index in [9.17, 15) is 0 Å². The highest BCUT2D eigenvalue weighted by molar-refractivity contribution is 6.33. The summed E-state index contributed by atoms with van der Waals surface area (Å²) < 4.78 is 0. The first-order chi connectivity index (χ1) is 9.65. The number of aromatic nitrogens is 2. The van der Waals surface area contributed by atoms with Gasteiger partial charge in [-0.2, -0.15) is 4.98 Å². The van der Waals surface area contributed by atoms with Crippen molar-refractivity contribution >= 4 is 29.1 Å². The second kappa shape index (κ2) is 6.57. The molecule has 0 fully saturated rings. The normalized spacial score (nSPS) is 10.4. The van der Waals surface area contributed by atoms with Gasteiger partial charge in [0.25, 0.3) is 0 Å². The molecule has 0 spiro atoms. The molecule has 0 saturated heterocycles.